The number of fused-ring (bicyclic) bond motifs is 1. The summed E-state index contributed by atoms with van der Waals surface area (Å²) >= 11 is 1.88. The number of nitrogens with one attached hydrogen (secondary N) is 1. The van der Waals surface area contributed by atoms with Gasteiger partial charge in [-0.3, -0.25) is 0 Å². The molecule has 102 valence electrons. The van der Waals surface area contributed by atoms with Gasteiger partial charge < -0.3 is 5.32 Å². The van der Waals surface area contributed by atoms with Gasteiger partial charge in [0.2, 0.25) is 0 Å². The van der Waals surface area contributed by atoms with Gasteiger partial charge in [0.25, 0.3) is 0 Å². The van der Waals surface area contributed by atoms with E-state index in [1.807, 2.05) is 18.3 Å². The van der Waals surface area contributed by atoms with Crippen LogP contribution in [0, 0.1) is 0 Å². The summed E-state index contributed by atoms with van der Waals surface area (Å²) in [5.41, 5.74) is 1.51. The van der Waals surface area contributed by atoms with Crippen LogP contribution >= 0.6 is 11.3 Å². The highest BCUT2D eigenvalue weighted by atomic mass is 32.2. The van der Waals surface area contributed by atoms with Crippen molar-refractivity contribution in [3.63, 3.8) is 0 Å². The zero-order valence-electron chi connectivity index (χ0n) is 11.0. The van der Waals surface area contributed by atoms with Crippen LogP contribution in [0.4, 0.5) is 0 Å². The summed E-state index contributed by atoms with van der Waals surface area (Å²) in [5.74, 6) is 0.459. The molecule has 1 aliphatic rings. The monoisotopic (exact) mass is 287 g/mol. The minimum atomic E-state index is -2.88. The van der Waals surface area contributed by atoms with Crippen molar-refractivity contribution in [2.75, 3.05) is 11.5 Å². The van der Waals surface area contributed by atoms with Crippen LogP contribution in [0.5, 0.6) is 0 Å². The average molecular weight is 287 g/mol. The van der Waals surface area contributed by atoms with E-state index in [4.69, 9.17) is 0 Å². The number of rotatable bonds is 6. The first kappa shape index (κ1) is 14.0. The van der Waals surface area contributed by atoms with Gasteiger partial charge in [0.1, 0.15) is 0 Å². The van der Waals surface area contributed by atoms with E-state index in [-0.39, 0.29) is 17.5 Å². The molecule has 1 heterocycles. The van der Waals surface area contributed by atoms with Crippen LogP contribution < -0.4 is 5.32 Å². The van der Waals surface area contributed by atoms with Gasteiger partial charge >= 0.3 is 0 Å². The van der Waals surface area contributed by atoms with Crippen LogP contribution in [0.25, 0.3) is 0 Å². The molecule has 1 unspecified atom stereocenters. The van der Waals surface area contributed by atoms with Crippen molar-refractivity contribution >= 4 is 21.2 Å². The summed E-state index contributed by atoms with van der Waals surface area (Å²) in [7, 11) is -2.88. The fraction of sp³-hybridized carbons (Fsp3) is 0.692. The van der Waals surface area contributed by atoms with E-state index >= 15 is 0 Å². The fourth-order valence-electron chi connectivity index (χ4n) is 2.31. The highest BCUT2D eigenvalue weighted by Crippen LogP contribution is 2.30. The van der Waals surface area contributed by atoms with Crippen molar-refractivity contribution in [1.29, 1.82) is 0 Å². The second-order valence-corrected chi connectivity index (χ2v) is 8.61. The Labute approximate surface area is 114 Å². The topological polar surface area (TPSA) is 46.2 Å². The standard InChI is InChI=1S/C13H21NO2S2/c1-3-18(15,16)9-10(2)14-8-12-7-11-5-4-6-13(11)17-12/h7,10,14H,3-6,8-9H2,1-2H3. The Hall–Kier alpha value is -0.390. The third-order valence-corrected chi connectivity index (χ3v) is 6.49. The van der Waals surface area contributed by atoms with Gasteiger partial charge in [-0.15, -0.1) is 11.3 Å². The lowest BCUT2D eigenvalue weighted by Gasteiger charge is -2.12. The molecule has 3 nitrogen and oxygen atoms in total. The van der Waals surface area contributed by atoms with Crippen molar-refractivity contribution < 1.29 is 8.42 Å². The Morgan fingerprint density at radius 2 is 2.22 bits per heavy atom. The lowest BCUT2D eigenvalue weighted by Crippen LogP contribution is -2.32. The maximum atomic E-state index is 11.5. The first-order chi connectivity index (χ1) is 8.50. The molecule has 0 spiro atoms. The van der Waals surface area contributed by atoms with Gasteiger partial charge in [0, 0.05) is 28.1 Å². The molecular formula is C13H21NO2S2. The first-order valence-electron chi connectivity index (χ1n) is 6.54. The van der Waals surface area contributed by atoms with E-state index in [1.54, 1.807) is 6.92 Å². The molecule has 1 N–H and O–H groups in total. The molecule has 2 rings (SSSR count). The zero-order chi connectivity index (χ0) is 13.2. The number of hydrogen-bond donors (Lipinski definition) is 1. The SMILES string of the molecule is CCS(=O)(=O)CC(C)NCc1cc2c(s1)CCC2. The van der Waals surface area contributed by atoms with Gasteiger partial charge in [0.05, 0.1) is 5.75 Å². The van der Waals surface area contributed by atoms with Crippen LogP contribution in [-0.2, 0) is 29.2 Å². The summed E-state index contributed by atoms with van der Waals surface area (Å²) in [6.07, 6.45) is 3.73. The van der Waals surface area contributed by atoms with Crippen molar-refractivity contribution in [3.8, 4) is 0 Å². The second-order valence-electron chi connectivity index (χ2n) is 5.00. The lowest BCUT2D eigenvalue weighted by atomic mass is 10.2. The number of sulfone groups is 1. The van der Waals surface area contributed by atoms with Gasteiger partial charge in [-0.2, -0.15) is 0 Å². The molecular weight excluding hydrogens is 266 g/mol. The highest BCUT2D eigenvalue weighted by molar-refractivity contribution is 7.91. The van der Waals surface area contributed by atoms with Gasteiger partial charge in [-0.25, -0.2) is 8.42 Å². The van der Waals surface area contributed by atoms with Crippen molar-refractivity contribution in [2.45, 2.75) is 45.7 Å². The second kappa shape index (κ2) is 5.72. The summed E-state index contributed by atoms with van der Waals surface area (Å²) in [6.45, 7) is 4.43. The van der Waals surface area contributed by atoms with E-state index < -0.39 is 9.84 Å². The van der Waals surface area contributed by atoms with Gasteiger partial charge in [-0.1, -0.05) is 6.92 Å². The number of hydrogen-bond acceptors (Lipinski definition) is 4. The average Bonchev–Trinajstić information content (AvgIpc) is 2.85. The Kier molecular flexibility index (Phi) is 4.45. The first-order valence-corrected chi connectivity index (χ1v) is 9.18. The van der Waals surface area contributed by atoms with Crippen LogP contribution in [0.2, 0.25) is 0 Å². The minimum absolute atomic E-state index is 0.0203. The number of thiophene rings is 1. The van der Waals surface area contributed by atoms with Crippen molar-refractivity contribution in [1.82, 2.24) is 5.32 Å². The smallest absolute Gasteiger partial charge is 0.151 e. The molecule has 0 amide bonds. The summed E-state index contributed by atoms with van der Waals surface area (Å²) in [5, 5.41) is 3.31. The molecule has 0 fully saturated rings. The van der Waals surface area contributed by atoms with E-state index in [0.29, 0.717) is 0 Å². The lowest BCUT2D eigenvalue weighted by molar-refractivity contribution is 0.559. The van der Waals surface area contributed by atoms with E-state index in [2.05, 4.69) is 11.4 Å². The van der Waals surface area contributed by atoms with Crippen LogP contribution in [-0.4, -0.2) is 26.0 Å². The number of aryl methyl sites for hydroxylation is 2. The summed E-state index contributed by atoms with van der Waals surface area (Å²) < 4.78 is 23.0. The molecule has 0 radical (unpaired) electrons. The molecule has 5 heteroatoms. The fourth-order valence-corrected chi connectivity index (χ4v) is 4.64. The zero-order valence-corrected chi connectivity index (χ0v) is 12.7. The molecule has 0 saturated heterocycles. The van der Waals surface area contributed by atoms with E-state index in [9.17, 15) is 8.42 Å². The van der Waals surface area contributed by atoms with Crippen molar-refractivity contribution in [3.05, 3.63) is 21.4 Å². The molecule has 18 heavy (non-hydrogen) atoms. The Bertz CT molecular complexity index is 484. The van der Waals surface area contributed by atoms with Gasteiger partial charge in [-0.05, 0) is 37.8 Å². The van der Waals surface area contributed by atoms with Crippen LogP contribution in [0.15, 0.2) is 6.07 Å². The maximum absolute atomic E-state index is 11.5. The minimum Gasteiger partial charge on any atom is -0.308 e. The molecule has 1 aromatic rings. The van der Waals surface area contributed by atoms with Gasteiger partial charge in [0.15, 0.2) is 9.84 Å². The molecule has 0 aliphatic heterocycles. The molecule has 1 atom stereocenters. The summed E-state index contributed by atoms with van der Waals surface area (Å²) in [4.78, 5) is 2.86. The predicted octanol–water partition coefficient (Wildman–Crippen LogP) is 2.15. The molecule has 1 aliphatic carbocycles. The van der Waals surface area contributed by atoms with E-state index in [0.717, 1.165) is 6.54 Å². The normalized spacial score (nSPS) is 16.8. The maximum Gasteiger partial charge on any atom is 0.151 e. The molecule has 0 aromatic carbocycles. The quantitative estimate of drug-likeness (QED) is 0.872. The van der Waals surface area contributed by atoms with Crippen LogP contribution in [0.1, 0.15) is 35.6 Å². The Morgan fingerprint density at radius 3 is 2.89 bits per heavy atom. The highest BCUT2D eigenvalue weighted by Gasteiger charge is 2.16. The third kappa shape index (κ3) is 3.56. The van der Waals surface area contributed by atoms with Crippen LogP contribution in [0.3, 0.4) is 0 Å². The Balaban J connectivity index is 1.84. The Morgan fingerprint density at radius 1 is 1.44 bits per heavy atom. The third-order valence-electron chi connectivity index (χ3n) is 3.37. The predicted molar refractivity (Wildman–Crippen MR) is 77.0 cm³/mol. The van der Waals surface area contributed by atoms with E-state index in [1.165, 1.54) is 34.6 Å². The van der Waals surface area contributed by atoms with Crippen molar-refractivity contribution in [2.24, 2.45) is 0 Å². The molecule has 1 aromatic heterocycles. The molecule has 0 saturated carbocycles. The molecule has 0 bridgehead atoms. The largest absolute Gasteiger partial charge is 0.308 e. The summed E-state index contributed by atoms with van der Waals surface area (Å²) in [6, 6.07) is 2.30.